The van der Waals surface area contributed by atoms with E-state index in [1.165, 1.54) is 21.8 Å². The summed E-state index contributed by atoms with van der Waals surface area (Å²) < 4.78 is 15.4. The fourth-order valence-corrected chi connectivity index (χ4v) is 10.7. The molecule has 11 aromatic carbocycles. The molecule has 3 aromatic heterocycles. The number of hydrogen-bond donors (Lipinski definition) is 0. The Kier molecular flexibility index (Phi) is 9.17. The van der Waals surface area contributed by atoms with Gasteiger partial charge < -0.3 is 18.3 Å². The maximum Gasteiger partial charge on any atom is 0.143 e. The minimum absolute atomic E-state index is 0.892. The third-order valence-electron chi connectivity index (χ3n) is 14.0. The van der Waals surface area contributed by atoms with Crippen LogP contribution >= 0.6 is 0 Å². The van der Waals surface area contributed by atoms with Crippen LogP contribution in [0.25, 0.3) is 116 Å². The Labute approximate surface area is 404 Å². The van der Waals surface area contributed by atoms with Gasteiger partial charge in [0, 0.05) is 66.1 Å². The predicted molar refractivity (Wildman–Crippen MR) is 292 cm³/mol. The van der Waals surface area contributed by atoms with Gasteiger partial charge >= 0.3 is 0 Å². The van der Waals surface area contributed by atoms with Gasteiger partial charge in [0.05, 0.1) is 16.7 Å². The third-order valence-corrected chi connectivity index (χ3v) is 14.0. The van der Waals surface area contributed by atoms with Crippen molar-refractivity contribution in [2.75, 3.05) is 4.90 Å². The summed E-state index contributed by atoms with van der Waals surface area (Å²) in [7, 11) is 0. The lowest BCUT2D eigenvalue weighted by molar-refractivity contribution is 0.669. The Hall–Kier alpha value is -9.38. The van der Waals surface area contributed by atoms with Crippen LogP contribution in [0.4, 0.5) is 17.1 Å². The number of fused-ring (bicyclic) bond motifs is 9. The number of benzene rings is 11. The quantitative estimate of drug-likeness (QED) is 0.152. The van der Waals surface area contributed by atoms with Crippen molar-refractivity contribution in [2.24, 2.45) is 0 Å². The van der Waals surface area contributed by atoms with Crippen molar-refractivity contribution in [3.8, 4) is 50.2 Å². The summed E-state index contributed by atoms with van der Waals surface area (Å²) in [5, 5.41) is 6.93. The molecule has 14 rings (SSSR count). The summed E-state index contributed by atoms with van der Waals surface area (Å²) in [6.07, 6.45) is 0. The first-order valence-corrected chi connectivity index (χ1v) is 23.8. The Bertz CT molecular complexity index is 4120. The van der Waals surface area contributed by atoms with E-state index in [2.05, 4.69) is 240 Å². The van der Waals surface area contributed by atoms with Crippen LogP contribution in [0.3, 0.4) is 0 Å². The predicted octanol–water partition coefficient (Wildman–Crippen LogP) is 18.7. The monoisotopic (exact) mass is 894 g/mol. The van der Waals surface area contributed by atoms with Crippen LogP contribution in [0, 0.1) is 0 Å². The van der Waals surface area contributed by atoms with Gasteiger partial charge in [-0.2, -0.15) is 0 Å². The van der Waals surface area contributed by atoms with Gasteiger partial charge in [0.2, 0.25) is 0 Å². The minimum atomic E-state index is 0.892. The Morgan fingerprint density at radius 1 is 0.286 bits per heavy atom. The topological polar surface area (TPSA) is 34.5 Å². The molecule has 0 fully saturated rings. The van der Waals surface area contributed by atoms with Gasteiger partial charge in [-0.1, -0.05) is 176 Å². The van der Waals surface area contributed by atoms with E-state index in [4.69, 9.17) is 8.83 Å². The van der Waals surface area contributed by atoms with Crippen LogP contribution in [0.1, 0.15) is 0 Å². The summed E-state index contributed by atoms with van der Waals surface area (Å²) in [5.74, 6) is 0. The van der Waals surface area contributed by atoms with E-state index in [0.29, 0.717) is 0 Å². The summed E-state index contributed by atoms with van der Waals surface area (Å²) in [6.45, 7) is 0. The second kappa shape index (κ2) is 16.2. The second-order valence-corrected chi connectivity index (χ2v) is 18.0. The number of anilines is 3. The maximum atomic E-state index is 6.51. The van der Waals surface area contributed by atoms with Gasteiger partial charge in [-0.25, -0.2) is 0 Å². The number of para-hydroxylation sites is 6. The van der Waals surface area contributed by atoms with Gasteiger partial charge in [-0.05, 0) is 107 Å². The van der Waals surface area contributed by atoms with Crippen LogP contribution in [-0.4, -0.2) is 4.57 Å². The molecule has 0 aliphatic rings. The standard InChI is InChI=1S/C66H42N2O2/c1-3-15-43(16-4-1)58-41-46(47-34-40-62-59(42-47)53-19-7-10-26-60(53)68(62)48-17-5-2-6-18-48)33-39-61(58)67(49-35-29-44(30-36-49)51-22-13-24-56-54-20-8-11-27-63(54)69-65(51)56)50-37-31-45(32-38-50)52-23-14-25-57-55-21-9-12-28-64(55)70-66(52)57/h1-42H. The average Bonchev–Trinajstić information content (AvgIpc) is 4.12. The molecule has 14 aromatic rings. The zero-order chi connectivity index (χ0) is 46.1. The van der Waals surface area contributed by atoms with Crippen molar-refractivity contribution in [2.45, 2.75) is 0 Å². The molecule has 328 valence electrons. The lowest BCUT2D eigenvalue weighted by Gasteiger charge is -2.29. The van der Waals surface area contributed by atoms with Crippen molar-refractivity contribution in [1.82, 2.24) is 4.57 Å². The number of nitrogens with zero attached hydrogens (tertiary/aromatic N) is 2. The van der Waals surface area contributed by atoms with E-state index >= 15 is 0 Å². The fraction of sp³-hybridized carbons (Fsp3) is 0. The van der Waals surface area contributed by atoms with Crippen molar-refractivity contribution in [3.05, 3.63) is 255 Å². The minimum Gasteiger partial charge on any atom is -0.455 e. The molecule has 0 aliphatic heterocycles. The zero-order valence-electron chi connectivity index (χ0n) is 38.0. The molecule has 4 heteroatoms. The molecule has 0 bridgehead atoms. The average molecular weight is 895 g/mol. The summed E-state index contributed by atoms with van der Waals surface area (Å²) in [5.41, 5.74) is 19.1. The normalized spacial score (nSPS) is 11.7. The van der Waals surface area contributed by atoms with Crippen molar-refractivity contribution >= 4 is 82.7 Å². The zero-order valence-corrected chi connectivity index (χ0v) is 38.0. The second-order valence-electron chi connectivity index (χ2n) is 18.0. The largest absolute Gasteiger partial charge is 0.455 e. The van der Waals surface area contributed by atoms with E-state index in [-0.39, 0.29) is 0 Å². The highest BCUT2D eigenvalue weighted by molar-refractivity contribution is 6.12. The molecule has 3 heterocycles. The van der Waals surface area contributed by atoms with Crippen LogP contribution in [-0.2, 0) is 0 Å². The molecule has 0 N–H and O–H groups in total. The van der Waals surface area contributed by atoms with Crippen LogP contribution < -0.4 is 4.90 Å². The molecule has 70 heavy (non-hydrogen) atoms. The number of rotatable bonds is 8. The summed E-state index contributed by atoms with van der Waals surface area (Å²) >= 11 is 0. The summed E-state index contributed by atoms with van der Waals surface area (Å²) in [6, 6.07) is 91.2. The molecule has 0 unspecified atom stereocenters. The first-order chi connectivity index (χ1) is 34.7. The molecule has 0 aliphatic carbocycles. The molecule has 0 spiro atoms. The van der Waals surface area contributed by atoms with Gasteiger partial charge in [-0.15, -0.1) is 0 Å². The molecule has 0 saturated heterocycles. The highest BCUT2D eigenvalue weighted by Crippen LogP contribution is 2.46. The van der Waals surface area contributed by atoms with E-state index in [1.54, 1.807) is 0 Å². The summed E-state index contributed by atoms with van der Waals surface area (Å²) in [4.78, 5) is 2.39. The van der Waals surface area contributed by atoms with Gasteiger partial charge in [0.25, 0.3) is 0 Å². The van der Waals surface area contributed by atoms with Gasteiger partial charge in [0.1, 0.15) is 22.3 Å². The molecule has 4 nitrogen and oxygen atoms in total. The number of furan rings is 2. The van der Waals surface area contributed by atoms with E-state index in [9.17, 15) is 0 Å². The Morgan fingerprint density at radius 2 is 0.743 bits per heavy atom. The van der Waals surface area contributed by atoms with E-state index < -0.39 is 0 Å². The third kappa shape index (κ3) is 6.46. The molecule has 0 atom stereocenters. The molecule has 0 amide bonds. The SMILES string of the molecule is c1ccc(-c2cc(-c3ccc4c(c3)c3ccccc3n4-c3ccccc3)ccc2N(c2ccc(-c3cccc4c3oc3ccccc34)cc2)c2ccc(-c3cccc4c3oc3ccccc34)cc2)cc1. The molecule has 0 saturated carbocycles. The van der Waals surface area contributed by atoms with Crippen molar-refractivity contribution in [1.29, 1.82) is 0 Å². The highest BCUT2D eigenvalue weighted by Gasteiger charge is 2.21. The molecule has 0 radical (unpaired) electrons. The molecular weight excluding hydrogens is 853 g/mol. The highest BCUT2D eigenvalue weighted by atomic mass is 16.3. The first kappa shape index (κ1) is 39.8. The van der Waals surface area contributed by atoms with Crippen LogP contribution in [0.2, 0.25) is 0 Å². The first-order valence-electron chi connectivity index (χ1n) is 23.8. The van der Waals surface area contributed by atoms with Crippen LogP contribution in [0.15, 0.2) is 264 Å². The molecular formula is C66H42N2O2. The fourth-order valence-electron chi connectivity index (χ4n) is 10.7. The van der Waals surface area contributed by atoms with Gasteiger partial charge in [-0.3, -0.25) is 0 Å². The van der Waals surface area contributed by atoms with Crippen molar-refractivity contribution in [3.63, 3.8) is 0 Å². The number of aromatic nitrogens is 1. The van der Waals surface area contributed by atoms with E-state index in [0.717, 1.165) is 111 Å². The van der Waals surface area contributed by atoms with Crippen molar-refractivity contribution < 1.29 is 8.83 Å². The lowest BCUT2D eigenvalue weighted by atomic mass is 9.95. The Balaban J connectivity index is 0.928. The smallest absolute Gasteiger partial charge is 0.143 e. The lowest BCUT2D eigenvalue weighted by Crippen LogP contribution is -2.11. The van der Waals surface area contributed by atoms with Crippen LogP contribution in [0.5, 0.6) is 0 Å². The van der Waals surface area contributed by atoms with E-state index in [1.807, 2.05) is 24.3 Å². The number of hydrogen-bond acceptors (Lipinski definition) is 3. The van der Waals surface area contributed by atoms with Gasteiger partial charge in [0.15, 0.2) is 0 Å². The maximum absolute atomic E-state index is 6.51. The Morgan fingerprint density at radius 3 is 1.36 bits per heavy atom.